The molecule has 2 N–H and O–H groups in total. The molecule has 6 nitrogen and oxygen atoms in total. The molecular formula is C13H12F2N4O2. The normalized spacial score (nSPS) is 10.2. The van der Waals surface area contributed by atoms with Gasteiger partial charge in [0, 0.05) is 18.3 Å². The van der Waals surface area contributed by atoms with Crippen molar-refractivity contribution in [1.82, 2.24) is 4.98 Å². The van der Waals surface area contributed by atoms with Gasteiger partial charge in [-0.05, 0) is 19.1 Å². The Balaban J connectivity index is 2.33. The summed E-state index contributed by atoms with van der Waals surface area (Å²) in [4.78, 5) is 14.4. The summed E-state index contributed by atoms with van der Waals surface area (Å²) in [6, 6.07) is 5.72. The molecule has 0 atom stereocenters. The van der Waals surface area contributed by atoms with E-state index in [9.17, 15) is 18.9 Å². The minimum atomic E-state index is -1.02. The van der Waals surface area contributed by atoms with Crippen LogP contribution in [-0.4, -0.2) is 16.5 Å². The lowest BCUT2D eigenvalue weighted by Crippen LogP contribution is -2.03. The van der Waals surface area contributed by atoms with Gasteiger partial charge in [-0.3, -0.25) is 10.1 Å². The molecular weight excluding hydrogens is 282 g/mol. The molecule has 0 spiro atoms. The van der Waals surface area contributed by atoms with Gasteiger partial charge < -0.3 is 10.6 Å². The Bertz CT molecular complexity index is 679. The SMILES string of the molecule is CCNc1cc([N+](=O)[O-])cc(Nc2ccc(F)c(F)c2)n1. The van der Waals surface area contributed by atoms with Crippen LogP contribution >= 0.6 is 0 Å². The third kappa shape index (κ3) is 3.62. The average Bonchev–Trinajstić information content (AvgIpc) is 2.43. The van der Waals surface area contributed by atoms with Crippen LogP contribution in [0.25, 0.3) is 0 Å². The minimum absolute atomic E-state index is 0.158. The minimum Gasteiger partial charge on any atom is -0.370 e. The zero-order chi connectivity index (χ0) is 15.4. The second-order valence-corrected chi connectivity index (χ2v) is 4.14. The van der Waals surface area contributed by atoms with Crippen molar-refractivity contribution in [2.75, 3.05) is 17.2 Å². The first-order chi connectivity index (χ1) is 9.99. The predicted octanol–water partition coefficient (Wildman–Crippen LogP) is 3.44. The lowest BCUT2D eigenvalue weighted by atomic mass is 10.3. The van der Waals surface area contributed by atoms with Crippen molar-refractivity contribution in [2.24, 2.45) is 0 Å². The summed E-state index contributed by atoms with van der Waals surface area (Å²) < 4.78 is 26.0. The maximum absolute atomic E-state index is 13.1. The van der Waals surface area contributed by atoms with Crippen LogP contribution in [0.3, 0.4) is 0 Å². The van der Waals surface area contributed by atoms with Gasteiger partial charge in [0.15, 0.2) is 11.6 Å². The molecule has 1 heterocycles. The van der Waals surface area contributed by atoms with Gasteiger partial charge in [0.05, 0.1) is 17.1 Å². The average molecular weight is 294 g/mol. The molecule has 0 aliphatic carbocycles. The Kier molecular flexibility index (Phi) is 4.27. The largest absolute Gasteiger partial charge is 0.370 e. The molecule has 0 saturated carbocycles. The second-order valence-electron chi connectivity index (χ2n) is 4.14. The van der Waals surface area contributed by atoms with Crippen LogP contribution in [-0.2, 0) is 0 Å². The summed E-state index contributed by atoms with van der Waals surface area (Å²) in [5, 5.41) is 16.4. The molecule has 2 aromatic rings. The second kappa shape index (κ2) is 6.12. The van der Waals surface area contributed by atoms with Crippen LogP contribution < -0.4 is 10.6 Å². The first-order valence-corrected chi connectivity index (χ1v) is 6.12. The van der Waals surface area contributed by atoms with E-state index in [0.29, 0.717) is 12.4 Å². The van der Waals surface area contributed by atoms with Gasteiger partial charge in [-0.1, -0.05) is 0 Å². The molecule has 8 heteroatoms. The topological polar surface area (TPSA) is 80.1 Å². The molecule has 0 bridgehead atoms. The van der Waals surface area contributed by atoms with Gasteiger partial charge in [0.2, 0.25) is 0 Å². The fraction of sp³-hybridized carbons (Fsp3) is 0.154. The highest BCUT2D eigenvalue weighted by molar-refractivity contribution is 5.62. The summed E-state index contributed by atoms with van der Waals surface area (Å²) in [5.74, 6) is -1.51. The lowest BCUT2D eigenvalue weighted by Gasteiger charge is -2.09. The molecule has 1 aromatic heterocycles. The van der Waals surface area contributed by atoms with Crippen LogP contribution in [0, 0.1) is 21.7 Å². The quantitative estimate of drug-likeness (QED) is 0.652. The number of halogens is 2. The Hall–Kier alpha value is -2.77. The fourth-order valence-corrected chi connectivity index (χ4v) is 1.68. The summed E-state index contributed by atoms with van der Waals surface area (Å²) in [5.41, 5.74) is 0.0791. The predicted molar refractivity (Wildman–Crippen MR) is 74.7 cm³/mol. The van der Waals surface area contributed by atoms with Crippen molar-refractivity contribution >= 4 is 23.0 Å². The van der Waals surface area contributed by atoms with Crippen LogP contribution in [0.5, 0.6) is 0 Å². The molecule has 2 rings (SSSR count). The Labute approximate surface area is 119 Å². The van der Waals surface area contributed by atoms with E-state index in [4.69, 9.17) is 0 Å². The van der Waals surface area contributed by atoms with E-state index in [1.54, 1.807) is 0 Å². The molecule has 110 valence electrons. The van der Waals surface area contributed by atoms with Crippen molar-refractivity contribution < 1.29 is 13.7 Å². The number of benzene rings is 1. The molecule has 0 aliphatic rings. The molecule has 21 heavy (non-hydrogen) atoms. The highest BCUT2D eigenvalue weighted by atomic mass is 19.2. The van der Waals surface area contributed by atoms with Crippen LogP contribution in [0.1, 0.15) is 6.92 Å². The third-order valence-corrected chi connectivity index (χ3v) is 2.57. The molecule has 1 aromatic carbocycles. The van der Waals surface area contributed by atoms with Crippen molar-refractivity contribution in [1.29, 1.82) is 0 Å². The lowest BCUT2D eigenvalue weighted by molar-refractivity contribution is -0.384. The van der Waals surface area contributed by atoms with Crippen LogP contribution in [0.15, 0.2) is 30.3 Å². The zero-order valence-electron chi connectivity index (χ0n) is 11.1. The van der Waals surface area contributed by atoms with Crippen molar-refractivity contribution in [2.45, 2.75) is 6.92 Å². The van der Waals surface area contributed by atoms with Crippen molar-refractivity contribution in [3.63, 3.8) is 0 Å². The van der Waals surface area contributed by atoms with Gasteiger partial charge in [-0.15, -0.1) is 0 Å². The Morgan fingerprint density at radius 2 is 1.90 bits per heavy atom. The van der Waals surface area contributed by atoms with E-state index in [-0.39, 0.29) is 17.2 Å². The molecule has 0 amide bonds. The number of rotatable bonds is 5. The number of hydrogen-bond acceptors (Lipinski definition) is 5. The van der Waals surface area contributed by atoms with E-state index in [1.807, 2.05) is 6.92 Å². The number of nitrogens with one attached hydrogen (secondary N) is 2. The molecule has 0 aliphatic heterocycles. The standard InChI is InChI=1S/C13H12F2N4O2/c1-2-16-12-6-9(19(20)21)7-13(18-12)17-8-3-4-10(14)11(15)5-8/h3-7H,2H2,1H3,(H2,16,17,18). The number of hydrogen-bond donors (Lipinski definition) is 2. The Morgan fingerprint density at radius 1 is 1.19 bits per heavy atom. The van der Waals surface area contributed by atoms with E-state index in [2.05, 4.69) is 15.6 Å². The number of nitro groups is 1. The van der Waals surface area contributed by atoms with Gasteiger partial charge >= 0.3 is 0 Å². The van der Waals surface area contributed by atoms with E-state index in [1.165, 1.54) is 18.2 Å². The third-order valence-electron chi connectivity index (χ3n) is 2.57. The smallest absolute Gasteiger partial charge is 0.276 e. The fourth-order valence-electron chi connectivity index (χ4n) is 1.68. The number of aromatic nitrogens is 1. The van der Waals surface area contributed by atoms with E-state index >= 15 is 0 Å². The van der Waals surface area contributed by atoms with Gasteiger partial charge in [-0.2, -0.15) is 0 Å². The summed E-state index contributed by atoms with van der Waals surface area (Å²) in [7, 11) is 0. The summed E-state index contributed by atoms with van der Waals surface area (Å²) in [6.07, 6.45) is 0. The molecule has 0 radical (unpaired) electrons. The summed E-state index contributed by atoms with van der Waals surface area (Å²) >= 11 is 0. The van der Waals surface area contributed by atoms with Gasteiger partial charge in [-0.25, -0.2) is 13.8 Å². The first kappa shape index (κ1) is 14.6. The monoisotopic (exact) mass is 294 g/mol. The Morgan fingerprint density at radius 3 is 2.52 bits per heavy atom. The van der Waals surface area contributed by atoms with Crippen molar-refractivity contribution in [3.8, 4) is 0 Å². The highest BCUT2D eigenvalue weighted by Crippen LogP contribution is 2.24. The molecule has 0 unspecified atom stereocenters. The van der Waals surface area contributed by atoms with E-state index in [0.717, 1.165) is 12.1 Å². The van der Waals surface area contributed by atoms with Crippen molar-refractivity contribution in [3.05, 3.63) is 52.1 Å². The maximum atomic E-state index is 13.1. The molecule has 0 fully saturated rings. The number of pyridine rings is 1. The van der Waals surface area contributed by atoms with Crippen LogP contribution in [0.4, 0.5) is 31.8 Å². The highest BCUT2D eigenvalue weighted by Gasteiger charge is 2.12. The first-order valence-electron chi connectivity index (χ1n) is 6.12. The summed E-state index contributed by atoms with van der Waals surface area (Å²) in [6.45, 7) is 2.36. The number of anilines is 3. The van der Waals surface area contributed by atoms with Gasteiger partial charge in [0.25, 0.3) is 5.69 Å². The molecule has 0 saturated heterocycles. The zero-order valence-corrected chi connectivity index (χ0v) is 11.1. The van der Waals surface area contributed by atoms with Gasteiger partial charge in [0.1, 0.15) is 11.6 Å². The number of nitrogens with zero attached hydrogens (tertiary/aromatic N) is 2. The maximum Gasteiger partial charge on any atom is 0.276 e. The van der Waals surface area contributed by atoms with Crippen LogP contribution in [0.2, 0.25) is 0 Å². The van der Waals surface area contributed by atoms with E-state index < -0.39 is 16.6 Å².